The summed E-state index contributed by atoms with van der Waals surface area (Å²) in [6.07, 6.45) is 5.72. The van der Waals surface area contributed by atoms with Gasteiger partial charge in [-0.2, -0.15) is 0 Å². The van der Waals surface area contributed by atoms with Gasteiger partial charge in [0.05, 0.1) is 13.2 Å². The Labute approximate surface area is 170 Å². The summed E-state index contributed by atoms with van der Waals surface area (Å²) >= 11 is 0. The van der Waals surface area contributed by atoms with Gasteiger partial charge in [-0.1, -0.05) is 26.0 Å². The highest BCUT2D eigenvalue weighted by molar-refractivity contribution is 5.69. The number of nitrogens with zero attached hydrogens (tertiary/aromatic N) is 1. The maximum Gasteiger partial charge on any atom is 0.306 e. The van der Waals surface area contributed by atoms with Crippen LogP contribution < -0.4 is 10.5 Å². The highest BCUT2D eigenvalue weighted by atomic mass is 16.5. The average molecular weight is 391 g/mol. The fraction of sp³-hybridized carbons (Fsp3) is 0.696. The molecule has 1 aliphatic rings. The van der Waals surface area contributed by atoms with Crippen molar-refractivity contribution in [2.45, 2.75) is 58.9 Å². The van der Waals surface area contributed by atoms with Gasteiger partial charge in [0.1, 0.15) is 5.75 Å². The molecule has 28 heavy (non-hydrogen) atoms. The molecule has 1 atom stereocenters. The molecule has 5 heteroatoms. The Morgan fingerprint density at radius 2 is 1.79 bits per heavy atom. The molecule has 0 saturated carbocycles. The normalized spacial score (nSPS) is 15.7. The molecule has 0 spiro atoms. The van der Waals surface area contributed by atoms with Crippen molar-refractivity contribution in [2.75, 3.05) is 32.8 Å². The van der Waals surface area contributed by atoms with Gasteiger partial charge < -0.3 is 15.2 Å². The maximum atomic E-state index is 11.9. The largest absolute Gasteiger partial charge is 0.494 e. The van der Waals surface area contributed by atoms with Crippen molar-refractivity contribution >= 4 is 5.97 Å². The van der Waals surface area contributed by atoms with Crippen LogP contribution in [-0.2, 0) is 16.1 Å². The molecule has 0 bridgehead atoms. The van der Waals surface area contributed by atoms with Crippen molar-refractivity contribution in [3.63, 3.8) is 0 Å². The third-order valence-electron chi connectivity index (χ3n) is 5.19. The second-order valence-corrected chi connectivity index (χ2v) is 8.34. The van der Waals surface area contributed by atoms with Gasteiger partial charge in [-0.15, -0.1) is 0 Å². The van der Waals surface area contributed by atoms with E-state index < -0.39 is 0 Å². The molecule has 158 valence electrons. The first-order valence-electron chi connectivity index (χ1n) is 10.9. The van der Waals surface area contributed by atoms with Crippen LogP contribution in [0.1, 0.15) is 57.9 Å². The van der Waals surface area contributed by atoms with E-state index in [2.05, 4.69) is 30.9 Å². The molecule has 5 nitrogen and oxygen atoms in total. The average Bonchev–Trinajstić information content (AvgIpc) is 3.18. The van der Waals surface area contributed by atoms with E-state index in [4.69, 9.17) is 15.2 Å². The van der Waals surface area contributed by atoms with Crippen LogP contribution in [0.4, 0.5) is 0 Å². The standard InChI is InChI=1S/C23H38N2O3/c1-19(2)15-21(17-24)16-23(26)28-14-6-5-13-27-22-9-7-20(8-10-22)18-25-11-3-4-12-25/h7-10,19,21H,3-6,11-18,24H2,1-2H3. The first-order chi connectivity index (χ1) is 13.6. The van der Waals surface area contributed by atoms with Crippen molar-refractivity contribution in [2.24, 2.45) is 17.6 Å². The molecule has 2 N–H and O–H groups in total. The second kappa shape index (κ2) is 12.8. The lowest BCUT2D eigenvalue weighted by molar-refractivity contribution is -0.145. The van der Waals surface area contributed by atoms with Gasteiger partial charge in [-0.25, -0.2) is 0 Å². The number of hydrogen-bond donors (Lipinski definition) is 1. The zero-order valence-corrected chi connectivity index (χ0v) is 17.7. The third-order valence-corrected chi connectivity index (χ3v) is 5.19. The minimum atomic E-state index is -0.134. The Morgan fingerprint density at radius 3 is 2.43 bits per heavy atom. The number of benzene rings is 1. The SMILES string of the molecule is CC(C)CC(CN)CC(=O)OCCCCOc1ccc(CN2CCCC2)cc1. The predicted molar refractivity (Wildman–Crippen MR) is 113 cm³/mol. The lowest BCUT2D eigenvalue weighted by Crippen LogP contribution is -2.21. The molecule has 1 fully saturated rings. The Morgan fingerprint density at radius 1 is 1.11 bits per heavy atom. The van der Waals surface area contributed by atoms with Crippen LogP contribution in [-0.4, -0.2) is 43.7 Å². The molecule has 0 aromatic heterocycles. The fourth-order valence-corrected chi connectivity index (χ4v) is 3.69. The third kappa shape index (κ3) is 9.07. The van der Waals surface area contributed by atoms with Gasteiger partial charge in [-0.05, 0) is 81.3 Å². The summed E-state index contributed by atoms with van der Waals surface area (Å²) in [7, 11) is 0. The van der Waals surface area contributed by atoms with Crippen molar-refractivity contribution in [1.82, 2.24) is 4.90 Å². The number of hydrogen-bond acceptors (Lipinski definition) is 5. The molecule has 1 saturated heterocycles. The highest BCUT2D eigenvalue weighted by Gasteiger charge is 2.15. The number of unbranched alkanes of at least 4 members (excludes halogenated alkanes) is 1. The monoisotopic (exact) mass is 390 g/mol. The summed E-state index contributed by atoms with van der Waals surface area (Å²) in [5.74, 6) is 1.55. The number of rotatable bonds is 13. The van der Waals surface area contributed by atoms with Crippen molar-refractivity contribution in [3.8, 4) is 5.75 Å². The van der Waals surface area contributed by atoms with Crippen molar-refractivity contribution in [3.05, 3.63) is 29.8 Å². The van der Waals surface area contributed by atoms with Crippen LogP contribution in [0.2, 0.25) is 0 Å². The highest BCUT2D eigenvalue weighted by Crippen LogP contribution is 2.17. The Balaban J connectivity index is 1.53. The molecule has 1 aliphatic heterocycles. The summed E-state index contributed by atoms with van der Waals surface area (Å²) in [6.45, 7) is 9.40. The first kappa shape index (κ1) is 22.7. The van der Waals surface area contributed by atoms with Gasteiger partial charge in [0.25, 0.3) is 0 Å². The van der Waals surface area contributed by atoms with E-state index in [1.165, 1.54) is 31.5 Å². The predicted octanol–water partition coefficient (Wildman–Crippen LogP) is 4.00. The lowest BCUT2D eigenvalue weighted by atomic mass is 9.94. The summed E-state index contributed by atoms with van der Waals surface area (Å²) < 4.78 is 11.1. The van der Waals surface area contributed by atoms with E-state index in [1.54, 1.807) is 0 Å². The minimum Gasteiger partial charge on any atom is -0.494 e. The Hall–Kier alpha value is -1.59. The molecular formula is C23H38N2O3. The smallest absolute Gasteiger partial charge is 0.306 e. The molecule has 1 unspecified atom stereocenters. The molecule has 0 radical (unpaired) electrons. The molecule has 0 aliphatic carbocycles. The van der Waals surface area contributed by atoms with E-state index >= 15 is 0 Å². The number of likely N-dealkylation sites (tertiary alicyclic amines) is 1. The van der Waals surface area contributed by atoms with Gasteiger partial charge in [0.15, 0.2) is 0 Å². The maximum absolute atomic E-state index is 11.9. The summed E-state index contributed by atoms with van der Waals surface area (Å²) in [4.78, 5) is 14.4. The lowest BCUT2D eigenvalue weighted by Gasteiger charge is -2.16. The molecule has 1 aromatic carbocycles. The molecule has 0 amide bonds. The van der Waals surface area contributed by atoms with Gasteiger partial charge >= 0.3 is 5.97 Å². The van der Waals surface area contributed by atoms with Gasteiger partial charge in [-0.3, -0.25) is 9.69 Å². The topological polar surface area (TPSA) is 64.8 Å². The summed E-state index contributed by atoms with van der Waals surface area (Å²) in [6, 6.07) is 8.40. The number of ether oxygens (including phenoxy) is 2. The number of esters is 1. The zero-order chi connectivity index (χ0) is 20.2. The quantitative estimate of drug-likeness (QED) is 0.407. The van der Waals surface area contributed by atoms with Crippen molar-refractivity contribution < 1.29 is 14.3 Å². The zero-order valence-electron chi connectivity index (χ0n) is 17.7. The first-order valence-corrected chi connectivity index (χ1v) is 10.9. The van der Waals surface area contributed by atoms with Crippen LogP contribution in [0.25, 0.3) is 0 Å². The van der Waals surface area contributed by atoms with E-state index in [9.17, 15) is 4.79 Å². The van der Waals surface area contributed by atoms with Gasteiger partial charge in [0, 0.05) is 13.0 Å². The molecule has 1 aromatic rings. The van der Waals surface area contributed by atoms with Crippen LogP contribution >= 0.6 is 0 Å². The van der Waals surface area contributed by atoms with Gasteiger partial charge in [0.2, 0.25) is 0 Å². The Kier molecular flexibility index (Phi) is 10.4. The second-order valence-electron chi connectivity index (χ2n) is 8.34. The Bertz CT molecular complexity index is 553. The van der Waals surface area contributed by atoms with Crippen LogP contribution in [0.5, 0.6) is 5.75 Å². The fourth-order valence-electron chi connectivity index (χ4n) is 3.69. The summed E-state index contributed by atoms with van der Waals surface area (Å²) in [5.41, 5.74) is 7.08. The number of nitrogens with two attached hydrogens (primary N) is 1. The number of carbonyl (C=O) groups is 1. The molecule has 2 rings (SSSR count). The van der Waals surface area contributed by atoms with Crippen LogP contribution in [0.3, 0.4) is 0 Å². The van der Waals surface area contributed by atoms with E-state index in [1.807, 2.05) is 12.1 Å². The van der Waals surface area contributed by atoms with E-state index in [0.29, 0.717) is 32.1 Å². The van der Waals surface area contributed by atoms with E-state index in [0.717, 1.165) is 31.6 Å². The van der Waals surface area contributed by atoms with E-state index in [-0.39, 0.29) is 11.9 Å². The molecular weight excluding hydrogens is 352 g/mol. The van der Waals surface area contributed by atoms with Crippen LogP contribution in [0.15, 0.2) is 24.3 Å². The summed E-state index contributed by atoms with van der Waals surface area (Å²) in [5, 5.41) is 0. The van der Waals surface area contributed by atoms with Crippen molar-refractivity contribution in [1.29, 1.82) is 0 Å². The van der Waals surface area contributed by atoms with Crippen LogP contribution in [0, 0.1) is 11.8 Å². The number of carbonyl (C=O) groups excluding carboxylic acids is 1. The molecule has 1 heterocycles. The minimum absolute atomic E-state index is 0.134.